The molecule has 88 valence electrons. The van der Waals surface area contributed by atoms with E-state index in [2.05, 4.69) is 12.1 Å². The van der Waals surface area contributed by atoms with Crippen molar-refractivity contribution in [1.82, 2.24) is 0 Å². The lowest BCUT2D eigenvalue weighted by atomic mass is 10.1. The van der Waals surface area contributed by atoms with Crippen molar-refractivity contribution in [3.8, 4) is 0 Å². The fourth-order valence-electron chi connectivity index (χ4n) is 1.77. The average molecular weight is 238 g/mol. The van der Waals surface area contributed by atoms with Crippen LogP contribution in [0.1, 0.15) is 25.0 Å². The molecule has 1 aromatic carbocycles. The van der Waals surface area contributed by atoms with Gasteiger partial charge in [-0.1, -0.05) is 12.1 Å². The Kier molecular flexibility index (Phi) is 4.27. The summed E-state index contributed by atoms with van der Waals surface area (Å²) in [6.07, 6.45) is 0.820. The molecule has 0 aromatic heterocycles. The number of aliphatic hydroxyl groups excluding tert-OH is 1. The molecule has 0 spiro atoms. The minimum absolute atomic E-state index is 0.373. The molecule has 1 heterocycles. The second-order valence-electron chi connectivity index (χ2n) is 4.29. The highest BCUT2D eigenvalue weighted by Gasteiger charge is 2.15. The van der Waals surface area contributed by atoms with E-state index in [0.29, 0.717) is 5.92 Å². The molecule has 1 N–H and O–H groups in total. The summed E-state index contributed by atoms with van der Waals surface area (Å²) in [4.78, 5) is 1.27. The monoisotopic (exact) mass is 238 g/mol. The molecule has 0 amide bonds. The second-order valence-corrected chi connectivity index (χ2v) is 5.38. The number of benzene rings is 1. The molecule has 1 aromatic rings. The summed E-state index contributed by atoms with van der Waals surface area (Å²) in [7, 11) is 0. The van der Waals surface area contributed by atoms with Crippen molar-refractivity contribution in [1.29, 1.82) is 0 Å². The van der Waals surface area contributed by atoms with Crippen LogP contribution in [0.15, 0.2) is 29.2 Å². The molecular formula is C13H18O2S. The highest BCUT2D eigenvalue weighted by atomic mass is 32.2. The first-order valence-electron chi connectivity index (χ1n) is 5.74. The van der Waals surface area contributed by atoms with Crippen LogP contribution in [0.2, 0.25) is 0 Å². The quantitative estimate of drug-likeness (QED) is 0.818. The Balaban J connectivity index is 1.84. The third kappa shape index (κ3) is 3.24. The number of aliphatic hydroxyl groups is 1. The molecule has 0 saturated carbocycles. The molecular weight excluding hydrogens is 220 g/mol. The van der Waals surface area contributed by atoms with E-state index in [0.717, 1.165) is 24.5 Å². The third-order valence-corrected chi connectivity index (χ3v) is 4.12. The molecule has 2 nitrogen and oxygen atoms in total. The molecule has 3 heteroatoms. The summed E-state index contributed by atoms with van der Waals surface area (Å²) in [5, 5.41) is 9.39. The zero-order chi connectivity index (χ0) is 11.4. The lowest BCUT2D eigenvalue weighted by molar-refractivity contribution is 0.189. The van der Waals surface area contributed by atoms with Gasteiger partial charge in [0.25, 0.3) is 0 Å². The standard InChI is InChI=1S/C13H18O2S/c1-10(14)12-2-4-13(5-3-12)16-9-11-6-7-15-8-11/h2-5,10-11,14H,6-9H2,1H3. The molecule has 0 bridgehead atoms. The predicted octanol–water partition coefficient (Wildman–Crippen LogP) is 2.87. The van der Waals surface area contributed by atoms with Gasteiger partial charge in [0.15, 0.2) is 0 Å². The minimum atomic E-state index is -0.373. The number of rotatable bonds is 4. The molecule has 0 aliphatic carbocycles. The molecule has 2 rings (SSSR count). The normalized spacial score (nSPS) is 22.2. The summed E-state index contributed by atoms with van der Waals surface area (Å²) in [6, 6.07) is 8.17. The molecule has 1 saturated heterocycles. The van der Waals surface area contributed by atoms with E-state index in [-0.39, 0.29) is 6.10 Å². The first-order valence-corrected chi connectivity index (χ1v) is 6.73. The second kappa shape index (κ2) is 5.71. The summed E-state index contributed by atoms with van der Waals surface area (Å²) in [5.41, 5.74) is 0.980. The van der Waals surface area contributed by atoms with Crippen LogP contribution < -0.4 is 0 Å². The Labute approximate surface area is 101 Å². The van der Waals surface area contributed by atoms with E-state index in [1.807, 2.05) is 23.9 Å². The van der Waals surface area contributed by atoms with E-state index in [4.69, 9.17) is 4.74 Å². The Morgan fingerprint density at radius 3 is 2.75 bits per heavy atom. The number of thioether (sulfide) groups is 1. The molecule has 16 heavy (non-hydrogen) atoms. The van der Waals surface area contributed by atoms with Crippen LogP contribution in [0.5, 0.6) is 0 Å². The van der Waals surface area contributed by atoms with Gasteiger partial charge in [0, 0.05) is 17.3 Å². The van der Waals surface area contributed by atoms with Gasteiger partial charge < -0.3 is 9.84 Å². The first-order chi connectivity index (χ1) is 7.75. The van der Waals surface area contributed by atoms with Gasteiger partial charge in [-0.15, -0.1) is 11.8 Å². The van der Waals surface area contributed by atoms with E-state index in [9.17, 15) is 5.11 Å². The maximum absolute atomic E-state index is 9.39. The zero-order valence-corrected chi connectivity index (χ0v) is 10.4. The zero-order valence-electron chi connectivity index (χ0n) is 9.56. The Hall–Kier alpha value is -0.510. The van der Waals surface area contributed by atoms with Gasteiger partial charge in [0.1, 0.15) is 0 Å². The number of hydrogen-bond acceptors (Lipinski definition) is 3. The van der Waals surface area contributed by atoms with Crippen LogP contribution in [0.25, 0.3) is 0 Å². The molecule has 1 aliphatic rings. The van der Waals surface area contributed by atoms with E-state index < -0.39 is 0 Å². The maximum atomic E-state index is 9.39. The summed E-state index contributed by atoms with van der Waals surface area (Å²) >= 11 is 1.88. The Morgan fingerprint density at radius 2 is 2.19 bits per heavy atom. The fourth-order valence-corrected chi connectivity index (χ4v) is 2.79. The molecule has 0 radical (unpaired) electrons. The van der Waals surface area contributed by atoms with E-state index in [1.54, 1.807) is 6.92 Å². The van der Waals surface area contributed by atoms with Gasteiger partial charge >= 0.3 is 0 Å². The van der Waals surface area contributed by atoms with E-state index >= 15 is 0 Å². The summed E-state index contributed by atoms with van der Waals surface area (Å²) < 4.78 is 5.35. The lowest BCUT2D eigenvalue weighted by Gasteiger charge is -2.08. The number of ether oxygens (including phenoxy) is 1. The van der Waals surface area contributed by atoms with Crippen molar-refractivity contribution >= 4 is 11.8 Å². The maximum Gasteiger partial charge on any atom is 0.0761 e. The van der Waals surface area contributed by atoms with Crippen molar-refractivity contribution in [2.45, 2.75) is 24.3 Å². The SMILES string of the molecule is CC(O)c1ccc(SCC2CCOC2)cc1. The van der Waals surface area contributed by atoms with Crippen LogP contribution in [-0.4, -0.2) is 24.1 Å². The van der Waals surface area contributed by atoms with Crippen molar-refractivity contribution in [3.63, 3.8) is 0 Å². The highest BCUT2D eigenvalue weighted by Crippen LogP contribution is 2.25. The lowest BCUT2D eigenvalue weighted by Crippen LogP contribution is -2.01. The van der Waals surface area contributed by atoms with Crippen molar-refractivity contribution in [3.05, 3.63) is 29.8 Å². The van der Waals surface area contributed by atoms with Crippen LogP contribution in [0, 0.1) is 5.92 Å². The van der Waals surface area contributed by atoms with Crippen LogP contribution in [0.4, 0.5) is 0 Å². The van der Waals surface area contributed by atoms with Gasteiger partial charge in [-0.25, -0.2) is 0 Å². The highest BCUT2D eigenvalue weighted by molar-refractivity contribution is 7.99. The predicted molar refractivity (Wildman–Crippen MR) is 66.7 cm³/mol. The largest absolute Gasteiger partial charge is 0.389 e. The molecule has 1 fully saturated rings. The van der Waals surface area contributed by atoms with Gasteiger partial charge in [0.05, 0.1) is 12.7 Å². The topological polar surface area (TPSA) is 29.5 Å². The van der Waals surface area contributed by atoms with Gasteiger partial charge in [-0.3, -0.25) is 0 Å². The smallest absolute Gasteiger partial charge is 0.0761 e. The van der Waals surface area contributed by atoms with Gasteiger partial charge in [-0.05, 0) is 37.0 Å². The molecule has 2 atom stereocenters. The fraction of sp³-hybridized carbons (Fsp3) is 0.538. The van der Waals surface area contributed by atoms with E-state index in [1.165, 1.54) is 11.3 Å². The molecule has 2 unspecified atom stereocenters. The van der Waals surface area contributed by atoms with Crippen LogP contribution in [0.3, 0.4) is 0 Å². The number of hydrogen-bond donors (Lipinski definition) is 1. The van der Waals surface area contributed by atoms with Crippen molar-refractivity contribution in [2.75, 3.05) is 19.0 Å². The van der Waals surface area contributed by atoms with Gasteiger partial charge in [-0.2, -0.15) is 0 Å². The minimum Gasteiger partial charge on any atom is -0.389 e. The summed E-state index contributed by atoms with van der Waals surface area (Å²) in [6.45, 7) is 3.63. The average Bonchev–Trinajstić information content (AvgIpc) is 2.80. The van der Waals surface area contributed by atoms with Crippen molar-refractivity contribution < 1.29 is 9.84 Å². The molecule has 1 aliphatic heterocycles. The Bertz CT molecular complexity index is 315. The van der Waals surface area contributed by atoms with Crippen LogP contribution >= 0.6 is 11.8 Å². The van der Waals surface area contributed by atoms with Crippen LogP contribution in [-0.2, 0) is 4.74 Å². The third-order valence-electron chi connectivity index (χ3n) is 2.87. The van der Waals surface area contributed by atoms with Gasteiger partial charge in [0.2, 0.25) is 0 Å². The van der Waals surface area contributed by atoms with Crippen molar-refractivity contribution in [2.24, 2.45) is 5.92 Å². The Morgan fingerprint density at radius 1 is 1.44 bits per heavy atom. The first kappa shape index (κ1) is 12.0. The summed E-state index contributed by atoms with van der Waals surface area (Å²) in [5.74, 6) is 1.84.